The lowest BCUT2D eigenvalue weighted by atomic mass is 9.89. The maximum absolute atomic E-state index is 13.1. The van der Waals surface area contributed by atoms with Crippen molar-refractivity contribution in [3.05, 3.63) is 34.3 Å². The molecule has 1 aromatic carbocycles. The number of alkyl halides is 3. The van der Waals surface area contributed by atoms with E-state index < -0.39 is 11.7 Å². The van der Waals surface area contributed by atoms with Crippen molar-refractivity contribution in [3.63, 3.8) is 0 Å². The Labute approximate surface area is 134 Å². The summed E-state index contributed by atoms with van der Waals surface area (Å²) in [4.78, 5) is 2.27. The van der Waals surface area contributed by atoms with Crippen molar-refractivity contribution in [3.8, 4) is 0 Å². The standard InChI is InChI=1S/C16H22ClF3N2/c1-3-11(2)15(22-8-6-21-7-9-22)12-4-5-14(17)13(10-12)16(18,19)20/h4-5,10-11,15,21H,3,6-9H2,1-2H3/t11?,15-/m1/s1. The Bertz CT molecular complexity index is 499. The molecule has 2 rings (SSSR count). The lowest BCUT2D eigenvalue weighted by molar-refractivity contribution is -0.137. The number of nitrogens with one attached hydrogen (secondary N) is 1. The van der Waals surface area contributed by atoms with Crippen LogP contribution in [0.3, 0.4) is 0 Å². The molecule has 0 aromatic heterocycles. The molecule has 22 heavy (non-hydrogen) atoms. The fraction of sp³-hybridized carbons (Fsp3) is 0.625. The normalized spacial score (nSPS) is 19.9. The summed E-state index contributed by atoms with van der Waals surface area (Å²) in [6.45, 7) is 7.59. The molecule has 1 fully saturated rings. The predicted octanol–water partition coefficient (Wildman–Crippen LogP) is 4.35. The van der Waals surface area contributed by atoms with Crippen LogP contribution in [0.1, 0.15) is 37.4 Å². The number of halogens is 4. The second kappa shape index (κ2) is 7.20. The van der Waals surface area contributed by atoms with E-state index in [9.17, 15) is 13.2 Å². The minimum Gasteiger partial charge on any atom is -0.314 e. The molecule has 0 amide bonds. The minimum atomic E-state index is -4.42. The molecule has 1 N–H and O–H groups in total. The van der Waals surface area contributed by atoms with Crippen molar-refractivity contribution < 1.29 is 13.2 Å². The van der Waals surface area contributed by atoms with Crippen LogP contribution in [0.5, 0.6) is 0 Å². The van der Waals surface area contributed by atoms with Gasteiger partial charge in [-0.2, -0.15) is 13.2 Å². The number of nitrogens with zero attached hydrogens (tertiary/aromatic N) is 1. The number of piperazine rings is 1. The third-order valence-electron chi connectivity index (χ3n) is 4.37. The van der Waals surface area contributed by atoms with Crippen LogP contribution in [0.25, 0.3) is 0 Å². The summed E-state index contributed by atoms with van der Waals surface area (Å²) in [7, 11) is 0. The van der Waals surface area contributed by atoms with Gasteiger partial charge in [0.1, 0.15) is 0 Å². The van der Waals surface area contributed by atoms with Crippen LogP contribution in [-0.4, -0.2) is 31.1 Å². The number of benzene rings is 1. The molecule has 0 aliphatic carbocycles. The Kier molecular flexibility index (Phi) is 5.75. The van der Waals surface area contributed by atoms with Gasteiger partial charge in [-0.1, -0.05) is 37.9 Å². The highest BCUT2D eigenvalue weighted by Crippen LogP contribution is 2.39. The SMILES string of the molecule is CCC(C)[C@H](c1ccc(Cl)c(C(F)(F)F)c1)N1CCNCC1. The first-order valence-corrected chi connectivity index (χ1v) is 8.03. The van der Waals surface area contributed by atoms with Gasteiger partial charge < -0.3 is 5.32 Å². The van der Waals surface area contributed by atoms with Gasteiger partial charge in [0.05, 0.1) is 10.6 Å². The van der Waals surface area contributed by atoms with Crippen molar-refractivity contribution in [2.75, 3.05) is 26.2 Å². The zero-order valence-electron chi connectivity index (χ0n) is 12.9. The van der Waals surface area contributed by atoms with E-state index in [-0.39, 0.29) is 17.0 Å². The highest BCUT2D eigenvalue weighted by atomic mass is 35.5. The van der Waals surface area contributed by atoms with E-state index >= 15 is 0 Å². The first-order valence-electron chi connectivity index (χ1n) is 7.66. The van der Waals surface area contributed by atoms with E-state index in [4.69, 9.17) is 11.6 Å². The Morgan fingerprint density at radius 1 is 1.27 bits per heavy atom. The second-order valence-electron chi connectivity index (χ2n) is 5.85. The molecule has 0 radical (unpaired) electrons. The fourth-order valence-corrected chi connectivity index (χ4v) is 3.25. The molecule has 1 aromatic rings. The van der Waals surface area contributed by atoms with Gasteiger partial charge >= 0.3 is 6.18 Å². The van der Waals surface area contributed by atoms with E-state index in [1.54, 1.807) is 6.07 Å². The van der Waals surface area contributed by atoms with Crippen LogP contribution in [0.15, 0.2) is 18.2 Å². The molecular formula is C16H22ClF3N2. The molecule has 6 heteroatoms. The summed E-state index contributed by atoms with van der Waals surface area (Å²) in [5.41, 5.74) is -0.0388. The summed E-state index contributed by atoms with van der Waals surface area (Å²) in [6.07, 6.45) is -3.50. The molecular weight excluding hydrogens is 313 g/mol. The Morgan fingerprint density at radius 3 is 2.45 bits per heavy atom. The molecule has 2 atom stereocenters. The summed E-state index contributed by atoms with van der Waals surface area (Å²) >= 11 is 5.74. The predicted molar refractivity (Wildman–Crippen MR) is 83.1 cm³/mol. The highest BCUT2D eigenvalue weighted by molar-refractivity contribution is 6.31. The fourth-order valence-electron chi connectivity index (χ4n) is 3.03. The molecule has 124 valence electrons. The maximum atomic E-state index is 13.1. The monoisotopic (exact) mass is 334 g/mol. The van der Waals surface area contributed by atoms with Gasteiger partial charge in [-0.25, -0.2) is 0 Å². The minimum absolute atomic E-state index is 0.00883. The second-order valence-corrected chi connectivity index (χ2v) is 6.26. The van der Waals surface area contributed by atoms with E-state index in [1.165, 1.54) is 12.1 Å². The van der Waals surface area contributed by atoms with Gasteiger partial charge in [0.2, 0.25) is 0 Å². The molecule has 1 heterocycles. The summed E-state index contributed by atoms with van der Waals surface area (Å²) in [5.74, 6) is 0.278. The van der Waals surface area contributed by atoms with E-state index in [2.05, 4.69) is 24.1 Å². The zero-order chi connectivity index (χ0) is 16.3. The smallest absolute Gasteiger partial charge is 0.314 e. The lowest BCUT2D eigenvalue weighted by Crippen LogP contribution is -2.46. The van der Waals surface area contributed by atoms with Gasteiger partial charge in [0.25, 0.3) is 0 Å². The van der Waals surface area contributed by atoms with Crippen molar-refractivity contribution >= 4 is 11.6 Å². The Hall–Kier alpha value is -0.780. The number of hydrogen-bond acceptors (Lipinski definition) is 2. The van der Waals surface area contributed by atoms with Crippen LogP contribution in [-0.2, 0) is 6.18 Å². The lowest BCUT2D eigenvalue weighted by Gasteiger charge is -2.38. The highest BCUT2D eigenvalue weighted by Gasteiger charge is 2.35. The van der Waals surface area contributed by atoms with Gasteiger partial charge in [-0.05, 0) is 23.6 Å². The van der Waals surface area contributed by atoms with Crippen LogP contribution in [0, 0.1) is 5.92 Å². The number of rotatable bonds is 4. The van der Waals surface area contributed by atoms with Crippen LogP contribution in [0.4, 0.5) is 13.2 Å². The first kappa shape index (κ1) is 17.6. The van der Waals surface area contributed by atoms with E-state index in [0.717, 1.165) is 32.6 Å². The van der Waals surface area contributed by atoms with Crippen molar-refractivity contribution in [1.29, 1.82) is 0 Å². The van der Waals surface area contributed by atoms with Gasteiger partial charge in [-0.3, -0.25) is 4.90 Å². The molecule has 0 saturated carbocycles. The number of hydrogen-bond donors (Lipinski definition) is 1. The van der Waals surface area contributed by atoms with Crippen LogP contribution < -0.4 is 5.32 Å². The molecule has 1 aliphatic heterocycles. The first-order chi connectivity index (χ1) is 10.3. The molecule has 2 nitrogen and oxygen atoms in total. The van der Waals surface area contributed by atoms with Crippen molar-refractivity contribution in [2.45, 2.75) is 32.5 Å². The summed E-state index contributed by atoms with van der Waals surface area (Å²) < 4.78 is 39.3. The van der Waals surface area contributed by atoms with Crippen LogP contribution in [0.2, 0.25) is 5.02 Å². The molecule has 1 saturated heterocycles. The Balaban J connectivity index is 2.39. The average Bonchev–Trinajstić information content (AvgIpc) is 2.49. The van der Waals surface area contributed by atoms with E-state index in [1.807, 2.05) is 0 Å². The average molecular weight is 335 g/mol. The molecule has 1 unspecified atom stereocenters. The van der Waals surface area contributed by atoms with Gasteiger partial charge in [0.15, 0.2) is 0 Å². The quantitative estimate of drug-likeness (QED) is 0.880. The van der Waals surface area contributed by atoms with E-state index in [0.29, 0.717) is 5.56 Å². The molecule has 0 bridgehead atoms. The molecule has 0 spiro atoms. The third-order valence-corrected chi connectivity index (χ3v) is 4.69. The summed E-state index contributed by atoms with van der Waals surface area (Å²) in [5, 5.41) is 3.04. The van der Waals surface area contributed by atoms with Crippen molar-refractivity contribution in [1.82, 2.24) is 10.2 Å². The zero-order valence-corrected chi connectivity index (χ0v) is 13.6. The van der Waals surface area contributed by atoms with Gasteiger partial charge in [0, 0.05) is 32.2 Å². The van der Waals surface area contributed by atoms with Gasteiger partial charge in [-0.15, -0.1) is 0 Å². The van der Waals surface area contributed by atoms with Crippen molar-refractivity contribution in [2.24, 2.45) is 5.92 Å². The Morgan fingerprint density at radius 2 is 1.91 bits per heavy atom. The largest absolute Gasteiger partial charge is 0.417 e. The maximum Gasteiger partial charge on any atom is 0.417 e. The summed E-state index contributed by atoms with van der Waals surface area (Å²) in [6, 6.07) is 4.32. The topological polar surface area (TPSA) is 15.3 Å². The van der Waals surface area contributed by atoms with Crippen LogP contribution >= 0.6 is 11.6 Å². The third kappa shape index (κ3) is 3.94. The molecule has 1 aliphatic rings.